The van der Waals surface area contributed by atoms with Crippen LogP contribution in [0.2, 0.25) is 0 Å². The van der Waals surface area contributed by atoms with E-state index in [2.05, 4.69) is 0 Å². The number of anilines is 2. The molecule has 0 amide bonds. The molecule has 0 fully saturated rings. The van der Waals surface area contributed by atoms with Crippen LogP contribution in [0.25, 0.3) is 21.1 Å². The minimum atomic E-state index is -0.110. The Hall–Kier alpha value is -2.08. The first-order valence-electron chi connectivity index (χ1n) is 4.50. The molecule has 2 aromatic heterocycles. The lowest BCUT2D eigenvalue weighted by Crippen LogP contribution is -1.77. The molecule has 2 heterocycles. The number of hydrogen-bond acceptors (Lipinski definition) is 6. The van der Waals surface area contributed by atoms with Crippen molar-refractivity contribution in [3.8, 4) is 11.5 Å². The normalized spacial score (nSPS) is 11.5. The highest BCUT2D eigenvalue weighted by Gasteiger charge is 2.15. The van der Waals surface area contributed by atoms with Crippen LogP contribution in [0.4, 0.5) is 10.9 Å². The Bertz CT molecular complexity index is 656. The van der Waals surface area contributed by atoms with Crippen molar-refractivity contribution in [1.29, 1.82) is 0 Å². The molecule has 0 saturated carbocycles. The van der Waals surface area contributed by atoms with Crippen molar-refractivity contribution < 1.29 is 14.6 Å². The van der Waals surface area contributed by atoms with Gasteiger partial charge in [-0.1, -0.05) is 0 Å². The van der Waals surface area contributed by atoms with Gasteiger partial charge in [-0.25, -0.2) is 0 Å². The number of rotatable bonds is 0. The molecule has 3 aromatic rings. The summed E-state index contributed by atoms with van der Waals surface area (Å²) in [6, 6.07) is 3.31. The van der Waals surface area contributed by atoms with Crippen molar-refractivity contribution in [1.82, 2.24) is 0 Å². The molecule has 0 spiro atoms. The van der Waals surface area contributed by atoms with Crippen molar-refractivity contribution >= 4 is 43.3 Å². The smallest absolute Gasteiger partial charge is 0.234 e. The fourth-order valence-electron chi connectivity index (χ4n) is 1.70. The van der Waals surface area contributed by atoms with E-state index in [0.717, 1.165) is 4.70 Å². The highest BCUT2D eigenvalue weighted by molar-refractivity contribution is 7.23. The molecule has 0 aliphatic heterocycles. The summed E-state index contributed by atoms with van der Waals surface area (Å²) in [5.41, 5.74) is 11.5. The first-order valence-corrected chi connectivity index (χ1v) is 5.31. The number of furan rings is 1. The molecule has 5 nitrogen and oxygen atoms in total. The molecular weight excluding hydrogens is 228 g/mol. The van der Waals surface area contributed by atoms with Gasteiger partial charge in [0.2, 0.25) is 5.88 Å². The number of aromatic hydroxyl groups is 2. The van der Waals surface area contributed by atoms with E-state index in [1.165, 1.54) is 11.3 Å². The Balaban J connectivity index is 2.53. The standard InChI is InChI=1S/C10H8N2O3S/c11-9-7(13)3-1-4-6(2-5(3)15-9)16-10(12)8(4)14/h1-2,13-14H,11-12H2. The average Bonchev–Trinajstić information content (AvgIpc) is 2.66. The molecule has 6 N–H and O–H groups in total. The largest absolute Gasteiger partial charge is 0.504 e. The third kappa shape index (κ3) is 0.989. The fraction of sp³-hybridized carbons (Fsp3) is 0. The Kier molecular flexibility index (Phi) is 1.57. The maximum absolute atomic E-state index is 9.70. The molecular formula is C10H8N2O3S. The van der Waals surface area contributed by atoms with Gasteiger partial charge >= 0.3 is 0 Å². The highest BCUT2D eigenvalue weighted by Crippen LogP contribution is 2.44. The van der Waals surface area contributed by atoms with Gasteiger partial charge in [-0.05, 0) is 12.1 Å². The number of hydrogen-bond donors (Lipinski definition) is 4. The monoisotopic (exact) mass is 236 g/mol. The van der Waals surface area contributed by atoms with E-state index in [9.17, 15) is 10.2 Å². The van der Waals surface area contributed by atoms with Crippen LogP contribution >= 0.6 is 11.3 Å². The lowest BCUT2D eigenvalue weighted by molar-refractivity contribution is 0.472. The zero-order valence-corrected chi connectivity index (χ0v) is 8.84. The third-order valence-corrected chi connectivity index (χ3v) is 3.47. The van der Waals surface area contributed by atoms with Crippen LogP contribution in [0.15, 0.2) is 16.5 Å². The summed E-state index contributed by atoms with van der Waals surface area (Å²) in [6.45, 7) is 0. The lowest BCUT2D eigenvalue weighted by Gasteiger charge is -1.92. The van der Waals surface area contributed by atoms with E-state index in [1.807, 2.05) is 0 Å². The number of thiophene rings is 1. The molecule has 6 heteroatoms. The Morgan fingerprint density at radius 2 is 1.81 bits per heavy atom. The van der Waals surface area contributed by atoms with Crippen molar-refractivity contribution in [2.75, 3.05) is 11.5 Å². The van der Waals surface area contributed by atoms with E-state index in [4.69, 9.17) is 15.9 Å². The second-order valence-electron chi connectivity index (χ2n) is 3.47. The topological polar surface area (TPSA) is 106 Å². The average molecular weight is 236 g/mol. The summed E-state index contributed by atoms with van der Waals surface area (Å²) >= 11 is 1.25. The summed E-state index contributed by atoms with van der Waals surface area (Å²) in [4.78, 5) is 0. The predicted molar refractivity (Wildman–Crippen MR) is 63.8 cm³/mol. The van der Waals surface area contributed by atoms with E-state index >= 15 is 0 Å². The highest BCUT2D eigenvalue weighted by atomic mass is 32.1. The number of benzene rings is 1. The number of nitrogens with two attached hydrogens (primary N) is 2. The van der Waals surface area contributed by atoms with Gasteiger partial charge in [0.1, 0.15) is 10.6 Å². The van der Waals surface area contributed by atoms with Gasteiger partial charge in [0, 0.05) is 10.1 Å². The lowest BCUT2D eigenvalue weighted by atomic mass is 10.2. The van der Waals surface area contributed by atoms with Crippen LogP contribution in [0.3, 0.4) is 0 Å². The van der Waals surface area contributed by atoms with Crippen molar-refractivity contribution in [3.05, 3.63) is 12.1 Å². The van der Waals surface area contributed by atoms with Gasteiger partial charge < -0.3 is 26.1 Å². The summed E-state index contributed by atoms with van der Waals surface area (Å²) in [6.07, 6.45) is 0. The van der Waals surface area contributed by atoms with Crippen LogP contribution in [-0.2, 0) is 0 Å². The molecule has 82 valence electrons. The summed E-state index contributed by atoms with van der Waals surface area (Å²) < 4.78 is 5.96. The second-order valence-corrected chi connectivity index (χ2v) is 4.56. The van der Waals surface area contributed by atoms with Crippen molar-refractivity contribution in [2.45, 2.75) is 0 Å². The van der Waals surface area contributed by atoms with Gasteiger partial charge in [0.25, 0.3) is 0 Å². The quantitative estimate of drug-likeness (QED) is 0.479. The summed E-state index contributed by atoms with van der Waals surface area (Å²) in [5, 5.41) is 20.7. The van der Waals surface area contributed by atoms with Crippen molar-refractivity contribution in [3.63, 3.8) is 0 Å². The molecule has 16 heavy (non-hydrogen) atoms. The van der Waals surface area contributed by atoms with Crippen molar-refractivity contribution in [2.24, 2.45) is 0 Å². The molecule has 0 radical (unpaired) electrons. The van der Waals surface area contributed by atoms with E-state index < -0.39 is 0 Å². The van der Waals surface area contributed by atoms with E-state index in [0.29, 0.717) is 21.4 Å². The Morgan fingerprint density at radius 1 is 1.06 bits per heavy atom. The first kappa shape index (κ1) is 9.17. The number of nitrogen functional groups attached to an aromatic ring is 2. The number of fused-ring (bicyclic) bond motifs is 2. The van der Waals surface area contributed by atoms with Crippen LogP contribution in [-0.4, -0.2) is 10.2 Å². The van der Waals surface area contributed by atoms with E-state index in [-0.39, 0.29) is 17.4 Å². The molecule has 0 unspecified atom stereocenters. The second kappa shape index (κ2) is 2.73. The predicted octanol–water partition coefficient (Wildman–Crippen LogP) is 2.22. The Labute approximate surface area is 93.5 Å². The first-order chi connectivity index (χ1) is 7.58. The molecule has 3 rings (SSSR count). The maximum atomic E-state index is 9.70. The SMILES string of the molecule is Nc1oc2cc3sc(N)c(O)c3cc2c1O. The van der Waals surface area contributed by atoms with Crippen LogP contribution < -0.4 is 11.5 Å². The molecule has 0 atom stereocenters. The third-order valence-electron chi connectivity index (χ3n) is 2.50. The zero-order valence-electron chi connectivity index (χ0n) is 8.02. The van der Waals surface area contributed by atoms with Gasteiger partial charge in [0.05, 0.1) is 5.39 Å². The van der Waals surface area contributed by atoms with Crippen LogP contribution in [0.1, 0.15) is 0 Å². The minimum Gasteiger partial charge on any atom is -0.504 e. The maximum Gasteiger partial charge on any atom is 0.234 e. The van der Waals surface area contributed by atoms with Gasteiger partial charge in [-0.15, -0.1) is 11.3 Å². The van der Waals surface area contributed by atoms with E-state index in [1.54, 1.807) is 12.1 Å². The molecule has 0 bridgehead atoms. The fourth-order valence-corrected chi connectivity index (χ4v) is 2.57. The summed E-state index contributed by atoms with van der Waals surface area (Å²) in [5.74, 6) is -0.109. The molecule has 0 aliphatic carbocycles. The van der Waals surface area contributed by atoms with Gasteiger partial charge in [0.15, 0.2) is 11.5 Å². The molecule has 1 aromatic carbocycles. The van der Waals surface area contributed by atoms with Crippen LogP contribution in [0.5, 0.6) is 11.5 Å². The minimum absolute atomic E-state index is 0.0277. The molecule has 0 saturated heterocycles. The molecule has 0 aliphatic rings. The zero-order chi connectivity index (χ0) is 11.4. The van der Waals surface area contributed by atoms with Gasteiger partial charge in [-0.3, -0.25) is 0 Å². The van der Waals surface area contributed by atoms with Gasteiger partial charge in [-0.2, -0.15) is 0 Å². The Morgan fingerprint density at radius 3 is 2.56 bits per heavy atom. The summed E-state index contributed by atoms with van der Waals surface area (Å²) in [7, 11) is 0. The van der Waals surface area contributed by atoms with Crippen LogP contribution in [0, 0.1) is 0 Å².